The summed E-state index contributed by atoms with van der Waals surface area (Å²) in [5, 5.41) is 3.07. The predicted octanol–water partition coefficient (Wildman–Crippen LogP) is 2.37. The summed E-state index contributed by atoms with van der Waals surface area (Å²) < 4.78 is 10.5. The third-order valence-electron chi connectivity index (χ3n) is 4.55. The largest absolute Gasteiger partial charge is 0.493 e. The van der Waals surface area contributed by atoms with E-state index in [9.17, 15) is 9.59 Å². The quantitative estimate of drug-likeness (QED) is 0.701. The number of piperidine rings is 1. The number of carbonyl (C=O) groups excluding carboxylic acids is 2. The Morgan fingerprint density at radius 1 is 1.19 bits per heavy atom. The van der Waals surface area contributed by atoms with Crippen LogP contribution < -0.4 is 14.8 Å². The van der Waals surface area contributed by atoms with Gasteiger partial charge in [-0.25, -0.2) is 0 Å². The highest BCUT2D eigenvalue weighted by atomic mass is 35.5. The number of nitrogens with one attached hydrogen (secondary N) is 1. The predicted molar refractivity (Wildman–Crippen MR) is 101 cm³/mol. The van der Waals surface area contributed by atoms with E-state index in [1.807, 2.05) is 17.0 Å². The van der Waals surface area contributed by atoms with E-state index >= 15 is 0 Å². The van der Waals surface area contributed by atoms with E-state index in [0.717, 1.165) is 18.4 Å². The first kappa shape index (κ1) is 20.4. The first-order chi connectivity index (χ1) is 12.6. The van der Waals surface area contributed by atoms with Crippen LogP contribution in [0, 0.1) is 0 Å². The lowest BCUT2D eigenvalue weighted by atomic mass is 10.0. The van der Waals surface area contributed by atoms with Crippen LogP contribution in [0.4, 0.5) is 0 Å². The molecule has 0 aliphatic carbocycles. The van der Waals surface area contributed by atoms with E-state index in [1.54, 1.807) is 20.3 Å². The average Bonchev–Trinajstić information content (AvgIpc) is 2.66. The van der Waals surface area contributed by atoms with Gasteiger partial charge in [0.15, 0.2) is 11.5 Å². The number of rotatable bonds is 8. The highest BCUT2D eigenvalue weighted by Crippen LogP contribution is 2.27. The summed E-state index contributed by atoms with van der Waals surface area (Å²) in [6.45, 7) is 1.37. The number of nitrogens with zero attached hydrogens (tertiary/aromatic N) is 1. The Hall–Kier alpha value is -1.95. The van der Waals surface area contributed by atoms with Crippen molar-refractivity contribution in [2.45, 2.75) is 38.1 Å². The van der Waals surface area contributed by atoms with Gasteiger partial charge in [-0.1, -0.05) is 6.07 Å². The molecule has 6 nitrogen and oxygen atoms in total. The highest BCUT2D eigenvalue weighted by Gasteiger charge is 2.23. The van der Waals surface area contributed by atoms with Crippen molar-refractivity contribution in [2.24, 2.45) is 0 Å². The monoisotopic (exact) mass is 382 g/mol. The number of hydrogen-bond acceptors (Lipinski definition) is 4. The zero-order valence-corrected chi connectivity index (χ0v) is 16.2. The van der Waals surface area contributed by atoms with Gasteiger partial charge in [0.2, 0.25) is 11.8 Å². The van der Waals surface area contributed by atoms with Crippen LogP contribution in [0.2, 0.25) is 0 Å². The van der Waals surface area contributed by atoms with Crippen LogP contribution in [0.1, 0.15) is 31.2 Å². The van der Waals surface area contributed by atoms with Gasteiger partial charge in [-0.15, -0.1) is 11.6 Å². The third-order valence-corrected chi connectivity index (χ3v) is 4.82. The van der Waals surface area contributed by atoms with Crippen molar-refractivity contribution in [1.82, 2.24) is 10.2 Å². The summed E-state index contributed by atoms with van der Waals surface area (Å²) >= 11 is 5.63. The second kappa shape index (κ2) is 10.3. The van der Waals surface area contributed by atoms with Crippen LogP contribution in [-0.2, 0) is 16.0 Å². The Balaban J connectivity index is 1.79. The maximum Gasteiger partial charge on any atom is 0.224 e. The Kier molecular flexibility index (Phi) is 8.04. The molecule has 0 spiro atoms. The molecule has 0 radical (unpaired) electrons. The topological polar surface area (TPSA) is 67.9 Å². The van der Waals surface area contributed by atoms with Crippen LogP contribution in [-0.4, -0.2) is 55.9 Å². The molecule has 144 valence electrons. The molecule has 2 amide bonds. The van der Waals surface area contributed by atoms with E-state index in [1.165, 1.54) is 0 Å². The molecule has 1 aliphatic rings. The number of amides is 2. The van der Waals surface area contributed by atoms with E-state index < -0.39 is 0 Å². The Morgan fingerprint density at radius 2 is 1.88 bits per heavy atom. The molecule has 0 aromatic heterocycles. The maximum atomic E-state index is 12.3. The van der Waals surface area contributed by atoms with E-state index in [2.05, 4.69) is 5.32 Å². The fourth-order valence-electron chi connectivity index (χ4n) is 3.10. The Labute approximate surface area is 159 Å². The molecule has 0 unspecified atom stereocenters. The molecular formula is C19H27ClN2O4. The SMILES string of the molecule is COc1ccc(CC(=O)NC2CCN(C(=O)CCCCl)CC2)cc1OC. The fraction of sp³-hybridized carbons (Fsp3) is 0.579. The normalized spacial score (nSPS) is 14.8. The van der Waals surface area contributed by atoms with E-state index in [4.69, 9.17) is 21.1 Å². The summed E-state index contributed by atoms with van der Waals surface area (Å²) in [5.74, 6) is 1.89. The van der Waals surface area contributed by atoms with Crippen molar-refractivity contribution >= 4 is 23.4 Å². The van der Waals surface area contributed by atoms with Crippen molar-refractivity contribution < 1.29 is 19.1 Å². The second-order valence-electron chi connectivity index (χ2n) is 6.38. The molecule has 1 aliphatic heterocycles. The first-order valence-corrected chi connectivity index (χ1v) is 9.44. The lowest BCUT2D eigenvalue weighted by Crippen LogP contribution is -2.46. The minimum atomic E-state index is -0.0239. The Morgan fingerprint density at radius 3 is 2.50 bits per heavy atom. The van der Waals surface area contributed by atoms with Gasteiger partial charge in [0.1, 0.15) is 0 Å². The van der Waals surface area contributed by atoms with E-state index in [0.29, 0.717) is 43.3 Å². The van der Waals surface area contributed by atoms with E-state index in [-0.39, 0.29) is 24.3 Å². The van der Waals surface area contributed by atoms with Gasteiger partial charge in [0.25, 0.3) is 0 Å². The summed E-state index contributed by atoms with van der Waals surface area (Å²) in [5.41, 5.74) is 0.869. The first-order valence-electron chi connectivity index (χ1n) is 8.91. The maximum absolute atomic E-state index is 12.3. The van der Waals surface area contributed by atoms with Crippen molar-refractivity contribution in [1.29, 1.82) is 0 Å². The second-order valence-corrected chi connectivity index (χ2v) is 6.76. The number of benzene rings is 1. The molecule has 1 aromatic rings. The van der Waals surface area contributed by atoms with Crippen LogP contribution in [0.15, 0.2) is 18.2 Å². The van der Waals surface area contributed by atoms with Crippen LogP contribution in [0.3, 0.4) is 0 Å². The molecule has 1 fully saturated rings. The molecule has 0 atom stereocenters. The van der Waals surface area contributed by atoms with Crippen LogP contribution in [0.5, 0.6) is 11.5 Å². The van der Waals surface area contributed by atoms with Gasteiger partial charge in [-0.05, 0) is 37.0 Å². The van der Waals surface area contributed by atoms with Gasteiger partial charge in [-0.2, -0.15) is 0 Å². The molecule has 0 saturated carbocycles. The van der Waals surface area contributed by atoms with Gasteiger partial charge in [0.05, 0.1) is 20.6 Å². The molecular weight excluding hydrogens is 356 g/mol. The number of halogens is 1. The summed E-state index contributed by atoms with van der Waals surface area (Å²) in [4.78, 5) is 26.2. The zero-order chi connectivity index (χ0) is 18.9. The molecule has 1 N–H and O–H groups in total. The molecule has 1 saturated heterocycles. The molecule has 2 rings (SSSR count). The lowest BCUT2D eigenvalue weighted by Gasteiger charge is -2.32. The minimum Gasteiger partial charge on any atom is -0.493 e. The zero-order valence-electron chi connectivity index (χ0n) is 15.4. The van der Waals surface area contributed by atoms with Gasteiger partial charge in [0, 0.05) is 31.4 Å². The minimum absolute atomic E-state index is 0.0239. The number of likely N-dealkylation sites (tertiary alicyclic amines) is 1. The van der Waals surface area contributed by atoms with Crippen molar-refractivity contribution in [3.8, 4) is 11.5 Å². The van der Waals surface area contributed by atoms with Gasteiger partial charge < -0.3 is 19.7 Å². The summed E-state index contributed by atoms with van der Waals surface area (Å²) in [6.07, 6.45) is 3.06. The van der Waals surface area contributed by atoms with Crippen molar-refractivity contribution in [2.75, 3.05) is 33.2 Å². The lowest BCUT2D eigenvalue weighted by molar-refractivity contribution is -0.132. The van der Waals surface area contributed by atoms with Crippen LogP contribution >= 0.6 is 11.6 Å². The van der Waals surface area contributed by atoms with Gasteiger partial charge in [-0.3, -0.25) is 9.59 Å². The fourth-order valence-corrected chi connectivity index (χ4v) is 3.24. The van der Waals surface area contributed by atoms with Gasteiger partial charge >= 0.3 is 0 Å². The third kappa shape index (κ3) is 5.80. The smallest absolute Gasteiger partial charge is 0.224 e. The summed E-state index contributed by atoms with van der Waals surface area (Å²) in [6, 6.07) is 5.59. The number of ether oxygens (including phenoxy) is 2. The Bertz CT molecular complexity index is 616. The molecule has 7 heteroatoms. The number of hydrogen-bond donors (Lipinski definition) is 1. The molecule has 1 heterocycles. The van der Waals surface area contributed by atoms with Crippen LogP contribution in [0.25, 0.3) is 0 Å². The molecule has 1 aromatic carbocycles. The number of methoxy groups -OCH3 is 2. The highest BCUT2D eigenvalue weighted by molar-refractivity contribution is 6.17. The van der Waals surface area contributed by atoms with Crippen molar-refractivity contribution in [3.05, 3.63) is 23.8 Å². The van der Waals surface area contributed by atoms with Crippen molar-refractivity contribution in [3.63, 3.8) is 0 Å². The number of carbonyl (C=O) groups is 2. The number of alkyl halides is 1. The summed E-state index contributed by atoms with van der Waals surface area (Å²) in [7, 11) is 3.15. The average molecular weight is 383 g/mol. The standard InChI is InChI=1S/C19H27ClN2O4/c1-25-16-6-5-14(12-17(16)26-2)13-18(23)21-15-7-10-22(11-8-15)19(24)4-3-9-20/h5-6,12,15H,3-4,7-11,13H2,1-2H3,(H,21,23). The molecule has 26 heavy (non-hydrogen) atoms. The molecule has 0 bridgehead atoms.